The van der Waals surface area contributed by atoms with Crippen LogP contribution >= 0.6 is 11.3 Å². The summed E-state index contributed by atoms with van der Waals surface area (Å²) >= 11 is 1.64. The normalized spacial score (nSPS) is 20.6. The molecule has 0 bridgehead atoms. The van der Waals surface area contributed by atoms with Crippen LogP contribution in [0, 0.1) is 5.92 Å². The van der Waals surface area contributed by atoms with Crippen molar-refractivity contribution in [1.82, 2.24) is 20.3 Å². The molecule has 0 saturated heterocycles. The SMILES string of the molecule is O=C(CC1CC1)NCC1Cn2nnc(-c3ccsc3)c2CO1. The molecule has 0 radical (unpaired) electrons. The van der Waals surface area contributed by atoms with Crippen LogP contribution in [-0.2, 0) is 22.7 Å². The Labute approximate surface area is 132 Å². The summed E-state index contributed by atoms with van der Waals surface area (Å²) in [6.07, 6.45) is 3.01. The first kappa shape index (κ1) is 13.9. The molecule has 116 valence electrons. The molecule has 2 aliphatic rings. The number of carbonyl (C=O) groups is 1. The maximum Gasteiger partial charge on any atom is 0.220 e. The van der Waals surface area contributed by atoms with Crippen molar-refractivity contribution in [3.63, 3.8) is 0 Å². The van der Waals surface area contributed by atoms with Gasteiger partial charge in [0.25, 0.3) is 0 Å². The summed E-state index contributed by atoms with van der Waals surface area (Å²) in [4.78, 5) is 11.7. The van der Waals surface area contributed by atoms with Gasteiger partial charge in [-0.3, -0.25) is 4.79 Å². The average Bonchev–Trinajstić information content (AvgIpc) is 3.03. The zero-order valence-corrected chi connectivity index (χ0v) is 13.0. The fourth-order valence-corrected chi connectivity index (χ4v) is 3.34. The maximum absolute atomic E-state index is 11.7. The number of amides is 1. The average molecular weight is 318 g/mol. The Hall–Kier alpha value is -1.73. The Kier molecular flexibility index (Phi) is 3.67. The Bertz CT molecular complexity index is 663. The van der Waals surface area contributed by atoms with Crippen LogP contribution in [0.4, 0.5) is 0 Å². The standard InChI is InChI=1S/C15H18N4O2S/c20-14(5-10-1-2-10)16-6-12-7-19-13(8-21-12)15(17-18-19)11-3-4-22-9-11/h3-4,9-10,12H,1-2,5-8H2,(H,16,20). The first-order valence-electron chi connectivity index (χ1n) is 7.63. The second-order valence-electron chi connectivity index (χ2n) is 5.96. The molecule has 1 amide bonds. The molecule has 1 unspecified atom stereocenters. The van der Waals surface area contributed by atoms with Crippen molar-refractivity contribution in [3.8, 4) is 11.3 Å². The van der Waals surface area contributed by atoms with Crippen molar-refractivity contribution >= 4 is 17.2 Å². The summed E-state index contributed by atoms with van der Waals surface area (Å²) in [5.41, 5.74) is 3.00. The molecular formula is C15H18N4O2S. The number of fused-ring (bicyclic) bond motifs is 1. The van der Waals surface area contributed by atoms with E-state index in [1.54, 1.807) is 11.3 Å². The third kappa shape index (κ3) is 2.91. The van der Waals surface area contributed by atoms with Gasteiger partial charge >= 0.3 is 0 Å². The van der Waals surface area contributed by atoms with Crippen LogP contribution in [0.2, 0.25) is 0 Å². The van der Waals surface area contributed by atoms with Gasteiger partial charge in [0.1, 0.15) is 5.69 Å². The minimum Gasteiger partial charge on any atom is -0.368 e. The molecule has 1 atom stereocenters. The van der Waals surface area contributed by atoms with Crippen molar-refractivity contribution in [2.75, 3.05) is 6.54 Å². The number of thiophene rings is 1. The van der Waals surface area contributed by atoms with Crippen LogP contribution in [0.3, 0.4) is 0 Å². The second kappa shape index (κ2) is 5.81. The van der Waals surface area contributed by atoms with Gasteiger partial charge in [0.2, 0.25) is 5.91 Å². The van der Waals surface area contributed by atoms with Gasteiger partial charge in [0.05, 0.1) is 24.9 Å². The van der Waals surface area contributed by atoms with Crippen molar-refractivity contribution in [1.29, 1.82) is 0 Å². The monoisotopic (exact) mass is 318 g/mol. The smallest absolute Gasteiger partial charge is 0.220 e. The molecule has 1 aliphatic heterocycles. The van der Waals surface area contributed by atoms with E-state index in [9.17, 15) is 4.79 Å². The quantitative estimate of drug-likeness (QED) is 0.913. The molecule has 0 spiro atoms. The molecule has 22 heavy (non-hydrogen) atoms. The zero-order chi connectivity index (χ0) is 14.9. The highest BCUT2D eigenvalue weighted by molar-refractivity contribution is 7.08. The predicted molar refractivity (Wildman–Crippen MR) is 82.3 cm³/mol. The number of aromatic nitrogens is 3. The van der Waals surface area contributed by atoms with Crippen LogP contribution < -0.4 is 5.32 Å². The van der Waals surface area contributed by atoms with Crippen LogP contribution in [0.15, 0.2) is 16.8 Å². The van der Waals surface area contributed by atoms with Gasteiger partial charge in [-0.2, -0.15) is 11.3 Å². The van der Waals surface area contributed by atoms with E-state index in [4.69, 9.17) is 4.74 Å². The highest BCUT2D eigenvalue weighted by Gasteiger charge is 2.27. The second-order valence-corrected chi connectivity index (χ2v) is 6.74. The zero-order valence-electron chi connectivity index (χ0n) is 12.2. The van der Waals surface area contributed by atoms with E-state index in [1.165, 1.54) is 12.8 Å². The molecule has 2 aromatic rings. The fourth-order valence-electron chi connectivity index (χ4n) is 2.70. The minimum absolute atomic E-state index is 0.0346. The Morgan fingerprint density at radius 2 is 2.41 bits per heavy atom. The summed E-state index contributed by atoms with van der Waals surface area (Å²) in [6, 6.07) is 2.04. The number of carbonyl (C=O) groups excluding carboxylic acids is 1. The molecule has 1 fully saturated rings. The number of hydrogen-bond acceptors (Lipinski definition) is 5. The summed E-state index contributed by atoms with van der Waals surface area (Å²) in [6.45, 7) is 1.66. The molecular weight excluding hydrogens is 300 g/mol. The number of rotatable bonds is 5. The van der Waals surface area contributed by atoms with Gasteiger partial charge in [0.15, 0.2) is 0 Å². The van der Waals surface area contributed by atoms with E-state index in [0.29, 0.717) is 32.0 Å². The first-order valence-corrected chi connectivity index (χ1v) is 8.57. The number of nitrogens with one attached hydrogen (secondary N) is 1. The van der Waals surface area contributed by atoms with E-state index < -0.39 is 0 Å². The molecule has 1 N–H and O–H groups in total. The van der Waals surface area contributed by atoms with Gasteiger partial charge in [-0.1, -0.05) is 5.21 Å². The van der Waals surface area contributed by atoms with Crippen molar-refractivity contribution in [3.05, 3.63) is 22.5 Å². The van der Waals surface area contributed by atoms with Gasteiger partial charge in [-0.15, -0.1) is 5.10 Å². The van der Waals surface area contributed by atoms with Gasteiger partial charge in [-0.05, 0) is 30.2 Å². The number of nitrogens with zero attached hydrogens (tertiary/aromatic N) is 3. The summed E-state index contributed by atoms with van der Waals surface area (Å²) < 4.78 is 7.76. The molecule has 2 aromatic heterocycles. The fraction of sp³-hybridized carbons (Fsp3) is 0.533. The van der Waals surface area contributed by atoms with Crippen LogP contribution in [0.25, 0.3) is 11.3 Å². The van der Waals surface area contributed by atoms with Crippen LogP contribution in [0.5, 0.6) is 0 Å². The van der Waals surface area contributed by atoms with Crippen LogP contribution in [-0.4, -0.2) is 33.5 Å². The lowest BCUT2D eigenvalue weighted by Gasteiger charge is -2.24. The van der Waals surface area contributed by atoms with Crippen LogP contribution in [0.1, 0.15) is 25.0 Å². The molecule has 3 heterocycles. The lowest BCUT2D eigenvalue weighted by molar-refractivity contribution is -0.122. The third-order valence-corrected chi connectivity index (χ3v) is 4.85. The number of ether oxygens (including phenoxy) is 1. The summed E-state index contributed by atoms with van der Waals surface area (Å²) in [5, 5.41) is 15.6. The molecule has 1 aliphatic carbocycles. The van der Waals surface area contributed by atoms with Crippen molar-refractivity contribution in [2.24, 2.45) is 5.92 Å². The largest absolute Gasteiger partial charge is 0.368 e. The topological polar surface area (TPSA) is 69.0 Å². The van der Waals surface area contributed by atoms with Crippen molar-refractivity contribution in [2.45, 2.75) is 38.5 Å². The first-order chi connectivity index (χ1) is 10.8. The molecule has 0 aromatic carbocycles. The van der Waals surface area contributed by atoms with E-state index >= 15 is 0 Å². The van der Waals surface area contributed by atoms with E-state index in [2.05, 4.69) is 21.0 Å². The van der Waals surface area contributed by atoms with E-state index in [0.717, 1.165) is 17.0 Å². The molecule has 7 heteroatoms. The third-order valence-electron chi connectivity index (χ3n) is 4.16. The Morgan fingerprint density at radius 1 is 1.50 bits per heavy atom. The van der Waals surface area contributed by atoms with Gasteiger partial charge < -0.3 is 10.1 Å². The number of hydrogen-bond donors (Lipinski definition) is 1. The van der Waals surface area contributed by atoms with E-state index in [1.807, 2.05) is 16.1 Å². The van der Waals surface area contributed by atoms with E-state index in [-0.39, 0.29) is 12.0 Å². The lowest BCUT2D eigenvalue weighted by atomic mass is 10.2. The highest BCUT2D eigenvalue weighted by atomic mass is 32.1. The molecule has 6 nitrogen and oxygen atoms in total. The molecule has 1 saturated carbocycles. The minimum atomic E-state index is -0.0346. The molecule has 4 rings (SSSR count). The lowest BCUT2D eigenvalue weighted by Crippen LogP contribution is -2.39. The Balaban J connectivity index is 1.36. The predicted octanol–water partition coefficient (Wildman–Crippen LogP) is 1.82. The van der Waals surface area contributed by atoms with Crippen molar-refractivity contribution < 1.29 is 9.53 Å². The maximum atomic E-state index is 11.7. The van der Waals surface area contributed by atoms with Gasteiger partial charge in [-0.25, -0.2) is 4.68 Å². The summed E-state index contributed by atoms with van der Waals surface area (Å²) in [7, 11) is 0. The summed E-state index contributed by atoms with van der Waals surface area (Å²) in [5.74, 6) is 0.747. The highest BCUT2D eigenvalue weighted by Crippen LogP contribution is 2.32. The Morgan fingerprint density at radius 3 is 3.18 bits per heavy atom. The van der Waals surface area contributed by atoms with Gasteiger partial charge in [0, 0.05) is 23.9 Å².